The fourth-order valence-corrected chi connectivity index (χ4v) is 8.67. The molecule has 14 nitrogen and oxygen atoms in total. The SMILES string of the molecule is Cn1nc(NS(C)(=O)=O)c2c(Cl)ccc(-c3ccc(C#CC(C)(C)n4cn[nH]c4=O)nc3C(Cc3cc(F)cc(F)c3)NC(=O)Cn3nc(C(F)F)c4c3C(F)(F)[C@@H]3C[C@H]43)c21. The van der Waals surface area contributed by atoms with Crippen LogP contribution in [0.2, 0.25) is 5.02 Å². The number of aryl methyl sites for hydroxylation is 1. The molecule has 3 N–H and O–H groups in total. The van der Waals surface area contributed by atoms with E-state index in [4.69, 9.17) is 16.6 Å². The van der Waals surface area contributed by atoms with Crippen LogP contribution in [-0.2, 0) is 46.3 Å². The van der Waals surface area contributed by atoms with Gasteiger partial charge in [0.05, 0.1) is 33.9 Å². The molecule has 1 saturated carbocycles. The summed E-state index contributed by atoms with van der Waals surface area (Å²) < 4.78 is 119. The van der Waals surface area contributed by atoms with Gasteiger partial charge >= 0.3 is 5.69 Å². The number of pyridine rings is 1. The summed E-state index contributed by atoms with van der Waals surface area (Å²) >= 11 is 6.62. The van der Waals surface area contributed by atoms with Crippen molar-refractivity contribution in [2.24, 2.45) is 13.0 Å². The van der Waals surface area contributed by atoms with Crippen LogP contribution >= 0.6 is 11.6 Å². The molecule has 0 spiro atoms. The van der Waals surface area contributed by atoms with Crippen molar-refractivity contribution in [2.75, 3.05) is 11.0 Å². The van der Waals surface area contributed by atoms with E-state index in [9.17, 15) is 35.6 Å². The minimum absolute atomic E-state index is 0.00794. The molecule has 22 heteroatoms. The molecule has 4 aromatic heterocycles. The van der Waals surface area contributed by atoms with Gasteiger partial charge in [0.15, 0.2) is 5.82 Å². The van der Waals surface area contributed by atoms with Crippen molar-refractivity contribution in [3.63, 3.8) is 0 Å². The number of H-pyrrole nitrogens is 1. The molecule has 3 atom stereocenters. The zero-order chi connectivity index (χ0) is 43.9. The third-order valence-corrected chi connectivity index (χ3v) is 11.5. The lowest BCUT2D eigenvalue weighted by Crippen LogP contribution is -2.35. The van der Waals surface area contributed by atoms with Gasteiger partial charge in [-0.3, -0.25) is 23.4 Å². The van der Waals surface area contributed by atoms with Crippen LogP contribution in [0.25, 0.3) is 22.0 Å². The third-order valence-electron chi connectivity index (χ3n) is 10.6. The molecule has 6 aromatic rings. The first-order valence-electron chi connectivity index (χ1n) is 18.4. The number of benzene rings is 2. The van der Waals surface area contributed by atoms with Crippen molar-refractivity contribution < 1.29 is 39.6 Å². The number of carbonyl (C=O) groups excluding carboxylic acids is 1. The molecule has 318 valence electrons. The maximum absolute atomic E-state index is 15.5. The maximum atomic E-state index is 15.5. The predicted molar refractivity (Wildman–Crippen MR) is 209 cm³/mol. The summed E-state index contributed by atoms with van der Waals surface area (Å²) in [5.41, 5.74) is -2.56. The van der Waals surface area contributed by atoms with E-state index in [2.05, 4.69) is 42.3 Å². The van der Waals surface area contributed by atoms with Gasteiger partial charge in [0.1, 0.15) is 47.1 Å². The highest BCUT2D eigenvalue weighted by Gasteiger charge is 2.67. The van der Waals surface area contributed by atoms with E-state index in [1.807, 2.05) is 0 Å². The predicted octanol–water partition coefficient (Wildman–Crippen LogP) is 6.05. The van der Waals surface area contributed by atoms with Gasteiger partial charge < -0.3 is 5.32 Å². The number of fused-ring (bicyclic) bond motifs is 4. The van der Waals surface area contributed by atoms with Crippen LogP contribution in [0.5, 0.6) is 0 Å². The van der Waals surface area contributed by atoms with Crippen LogP contribution < -0.4 is 15.7 Å². The summed E-state index contributed by atoms with van der Waals surface area (Å²) in [7, 11) is -2.33. The molecule has 8 rings (SSSR count). The molecule has 2 aliphatic carbocycles. The second kappa shape index (κ2) is 14.8. The molecule has 1 unspecified atom stereocenters. The van der Waals surface area contributed by atoms with E-state index >= 15 is 8.78 Å². The number of alkyl halides is 4. The Labute approximate surface area is 347 Å². The van der Waals surface area contributed by atoms with Gasteiger partial charge in [-0.15, -0.1) is 0 Å². The van der Waals surface area contributed by atoms with Crippen LogP contribution in [0.3, 0.4) is 0 Å². The van der Waals surface area contributed by atoms with Crippen molar-refractivity contribution in [3.8, 4) is 23.0 Å². The fourth-order valence-electron chi connectivity index (χ4n) is 7.94. The summed E-state index contributed by atoms with van der Waals surface area (Å²) in [4.78, 5) is 31.3. The van der Waals surface area contributed by atoms with Crippen molar-refractivity contribution >= 4 is 44.3 Å². The number of hydrogen-bond acceptors (Lipinski definition) is 8. The molecular weight excluding hydrogens is 854 g/mol. The lowest BCUT2D eigenvalue weighted by molar-refractivity contribution is -0.123. The van der Waals surface area contributed by atoms with Gasteiger partial charge in [0.25, 0.3) is 12.3 Å². The molecule has 4 heterocycles. The average Bonchev–Trinajstić information content (AvgIpc) is 3.37. The van der Waals surface area contributed by atoms with Gasteiger partial charge in [-0.1, -0.05) is 23.6 Å². The largest absolute Gasteiger partial charge is 0.346 e. The van der Waals surface area contributed by atoms with Crippen molar-refractivity contribution in [1.82, 2.24) is 44.6 Å². The standard InChI is InChI=1S/C39H33ClF6N10O4S/c1-38(2,55-17-47-50-37(55)58)10-9-21-5-6-22(23-7-8-26(40)30-33(23)54(3)52-36(30)53-61(4,59)60)31(48-21)27(13-18-11-19(41)14-20(42)12-18)49-28(57)16-56-34-29(32(51-56)35(43)44)24-15-25(24)39(34,45)46/h5-8,11-12,14,17,24-25,27,35H,13,15-16H2,1-4H3,(H,49,57)(H,50,58)(H,52,53)/t24-,25+,27?/m0/s1. The summed E-state index contributed by atoms with van der Waals surface area (Å²) in [5.74, 6) is -2.63. The lowest BCUT2D eigenvalue weighted by atomic mass is 9.93. The zero-order valence-corrected chi connectivity index (χ0v) is 33.9. The minimum Gasteiger partial charge on any atom is -0.346 e. The van der Waals surface area contributed by atoms with E-state index in [1.54, 1.807) is 26.0 Å². The number of nitrogens with one attached hydrogen (secondary N) is 3. The summed E-state index contributed by atoms with van der Waals surface area (Å²) in [6.45, 7) is 2.34. The van der Waals surface area contributed by atoms with Crippen LogP contribution in [0, 0.1) is 29.4 Å². The van der Waals surface area contributed by atoms with E-state index < -0.39 is 87.0 Å². The zero-order valence-electron chi connectivity index (χ0n) is 32.4. The normalized spacial score (nSPS) is 17.2. The van der Waals surface area contributed by atoms with E-state index in [0.717, 1.165) is 18.4 Å². The molecule has 0 bridgehead atoms. The second-order valence-corrected chi connectivity index (χ2v) is 17.6. The number of rotatable bonds is 11. The molecular formula is C39H33ClF6N10O4S. The number of carbonyl (C=O) groups is 1. The third kappa shape index (κ3) is 7.73. The lowest BCUT2D eigenvalue weighted by Gasteiger charge is -2.23. The summed E-state index contributed by atoms with van der Waals surface area (Å²) in [6.07, 6.45) is -1.36. The first-order valence-corrected chi connectivity index (χ1v) is 20.7. The number of aromatic amines is 1. The Kier molecular flexibility index (Phi) is 10.1. The van der Waals surface area contributed by atoms with E-state index in [1.165, 1.54) is 34.8 Å². The smallest absolute Gasteiger partial charge is 0.344 e. The number of hydrogen-bond donors (Lipinski definition) is 3. The molecule has 0 saturated heterocycles. The average molecular weight is 887 g/mol. The van der Waals surface area contributed by atoms with Crippen molar-refractivity contribution in [1.29, 1.82) is 0 Å². The molecule has 1 amide bonds. The summed E-state index contributed by atoms with van der Waals surface area (Å²) in [5, 5.41) is 17.1. The Bertz CT molecular complexity index is 3000. The first-order chi connectivity index (χ1) is 28.6. The topological polar surface area (TPSA) is 174 Å². The maximum Gasteiger partial charge on any atom is 0.344 e. The van der Waals surface area contributed by atoms with Crippen molar-refractivity contribution in [3.05, 3.63) is 110 Å². The molecule has 2 aliphatic rings. The van der Waals surface area contributed by atoms with Crippen LogP contribution in [0.4, 0.5) is 32.2 Å². The Balaban J connectivity index is 1.29. The molecule has 0 aliphatic heterocycles. The van der Waals surface area contributed by atoms with Crippen molar-refractivity contribution in [2.45, 2.75) is 63.1 Å². The van der Waals surface area contributed by atoms with Crippen LogP contribution in [0.15, 0.2) is 53.6 Å². The Morgan fingerprint density at radius 1 is 1.08 bits per heavy atom. The second-order valence-electron chi connectivity index (χ2n) is 15.4. The van der Waals surface area contributed by atoms with Gasteiger partial charge in [-0.2, -0.15) is 24.1 Å². The number of anilines is 1. The van der Waals surface area contributed by atoms with E-state index in [-0.39, 0.29) is 62.7 Å². The first kappa shape index (κ1) is 41.6. The highest BCUT2D eigenvalue weighted by Crippen LogP contribution is 2.68. The number of amides is 1. The molecule has 2 aromatic carbocycles. The minimum atomic E-state index is -3.85. The molecule has 0 radical (unpaired) electrons. The Hall–Kier alpha value is -6.14. The monoisotopic (exact) mass is 886 g/mol. The highest BCUT2D eigenvalue weighted by atomic mass is 35.5. The number of halogens is 7. The molecule has 1 fully saturated rings. The Morgan fingerprint density at radius 3 is 2.44 bits per heavy atom. The van der Waals surface area contributed by atoms with Gasteiger partial charge in [-0.05, 0) is 74.4 Å². The quantitative estimate of drug-likeness (QED) is 0.104. The van der Waals surface area contributed by atoms with Crippen LogP contribution in [0.1, 0.15) is 72.6 Å². The number of sulfonamides is 1. The summed E-state index contributed by atoms with van der Waals surface area (Å²) in [6, 6.07) is 7.45. The number of aromatic nitrogens is 8. The van der Waals surface area contributed by atoms with E-state index in [0.29, 0.717) is 16.3 Å². The number of nitrogens with zero attached hydrogens (tertiary/aromatic N) is 7. The molecule has 61 heavy (non-hydrogen) atoms. The fraction of sp³-hybridized carbons (Fsp3) is 0.333. The van der Waals surface area contributed by atoms with Gasteiger partial charge in [-0.25, -0.2) is 40.9 Å². The van der Waals surface area contributed by atoms with Crippen LogP contribution in [-0.4, -0.2) is 59.9 Å². The van der Waals surface area contributed by atoms with Gasteiger partial charge in [0, 0.05) is 35.7 Å². The Morgan fingerprint density at radius 2 is 1.79 bits per heavy atom. The van der Waals surface area contributed by atoms with Gasteiger partial charge in [0.2, 0.25) is 15.9 Å². The highest BCUT2D eigenvalue weighted by molar-refractivity contribution is 7.92.